The first-order valence-electron chi connectivity index (χ1n) is 5.26. The van der Waals surface area contributed by atoms with E-state index in [1.807, 2.05) is 32.9 Å². The summed E-state index contributed by atoms with van der Waals surface area (Å²) in [6.07, 6.45) is 0.766. The van der Waals surface area contributed by atoms with Crippen molar-refractivity contribution in [2.24, 2.45) is 11.7 Å². The highest BCUT2D eigenvalue weighted by atomic mass is 16.2. The zero-order valence-electron chi connectivity index (χ0n) is 9.58. The third-order valence-electron chi connectivity index (χ3n) is 2.64. The molecule has 0 fully saturated rings. The van der Waals surface area contributed by atoms with Gasteiger partial charge in [-0.05, 0) is 32.4 Å². The Balaban J connectivity index is 2.74. The predicted molar refractivity (Wildman–Crippen MR) is 61.1 cm³/mol. The number of nitrogens with two attached hydrogens (primary N) is 1. The van der Waals surface area contributed by atoms with Crippen molar-refractivity contribution in [1.82, 2.24) is 4.68 Å². The van der Waals surface area contributed by atoms with Crippen molar-refractivity contribution >= 4 is 5.91 Å². The molecule has 1 amide bonds. The fourth-order valence-corrected chi connectivity index (χ4v) is 1.51. The molecule has 1 aromatic rings. The number of nitrogens with zero attached hydrogens (tertiary/aromatic N) is 1. The molecule has 0 bridgehead atoms. The van der Waals surface area contributed by atoms with Crippen molar-refractivity contribution in [3.63, 3.8) is 0 Å². The molecule has 0 saturated heterocycles. The second kappa shape index (κ2) is 4.98. The van der Waals surface area contributed by atoms with Crippen LogP contribution in [0.4, 0.5) is 0 Å². The Labute approximate surface area is 90.4 Å². The van der Waals surface area contributed by atoms with Crippen LogP contribution < -0.4 is 11.2 Å². The van der Waals surface area contributed by atoms with Crippen LogP contribution in [-0.2, 0) is 4.79 Å². The third-order valence-corrected chi connectivity index (χ3v) is 2.64. The second-order valence-electron chi connectivity index (χ2n) is 3.77. The molecule has 1 heterocycles. The molecule has 1 unspecified atom stereocenters. The van der Waals surface area contributed by atoms with E-state index in [1.165, 1.54) is 0 Å². The summed E-state index contributed by atoms with van der Waals surface area (Å²) in [6.45, 7) is 6.27. The van der Waals surface area contributed by atoms with Crippen LogP contribution >= 0.6 is 0 Å². The minimum absolute atomic E-state index is 0.0117. The van der Waals surface area contributed by atoms with Crippen molar-refractivity contribution in [2.75, 3.05) is 12.0 Å². The number of aromatic nitrogens is 1. The van der Waals surface area contributed by atoms with Gasteiger partial charge in [0.25, 0.3) is 0 Å². The topological polar surface area (TPSA) is 60.1 Å². The standard InChI is InChI=1S/C11H19N3O/c1-4-10(7-12)11(15)13-14-8(2)5-6-9(14)3/h5-6,10H,4,7,12H2,1-3H3,(H,13,15). The van der Waals surface area contributed by atoms with Gasteiger partial charge in [0.05, 0.1) is 5.92 Å². The molecule has 0 aromatic carbocycles. The number of amides is 1. The summed E-state index contributed by atoms with van der Waals surface area (Å²) in [5.41, 5.74) is 10.4. The third kappa shape index (κ3) is 2.59. The van der Waals surface area contributed by atoms with Crippen molar-refractivity contribution in [3.8, 4) is 0 Å². The van der Waals surface area contributed by atoms with Gasteiger partial charge in [0.2, 0.25) is 5.91 Å². The van der Waals surface area contributed by atoms with Crippen LogP contribution in [0.5, 0.6) is 0 Å². The highest BCUT2D eigenvalue weighted by molar-refractivity contribution is 5.86. The van der Waals surface area contributed by atoms with Gasteiger partial charge in [0, 0.05) is 17.9 Å². The first-order valence-corrected chi connectivity index (χ1v) is 5.26. The van der Waals surface area contributed by atoms with Gasteiger partial charge < -0.3 is 5.73 Å². The van der Waals surface area contributed by atoms with Gasteiger partial charge in [-0.3, -0.25) is 14.9 Å². The molecule has 1 atom stereocenters. The van der Waals surface area contributed by atoms with Crippen molar-refractivity contribution < 1.29 is 4.79 Å². The van der Waals surface area contributed by atoms with E-state index in [2.05, 4.69) is 5.43 Å². The molecule has 4 heteroatoms. The van der Waals surface area contributed by atoms with Gasteiger partial charge >= 0.3 is 0 Å². The quantitative estimate of drug-likeness (QED) is 0.781. The Kier molecular flexibility index (Phi) is 3.91. The van der Waals surface area contributed by atoms with Crippen LogP contribution in [0.25, 0.3) is 0 Å². The van der Waals surface area contributed by atoms with E-state index in [-0.39, 0.29) is 11.8 Å². The normalized spacial score (nSPS) is 12.5. The summed E-state index contributed by atoms with van der Waals surface area (Å²) in [5.74, 6) is -0.117. The summed E-state index contributed by atoms with van der Waals surface area (Å²) in [7, 11) is 0. The lowest BCUT2D eigenvalue weighted by Gasteiger charge is -2.16. The van der Waals surface area contributed by atoms with E-state index in [4.69, 9.17) is 5.73 Å². The molecule has 0 spiro atoms. The average Bonchev–Trinajstić information content (AvgIpc) is 2.51. The van der Waals surface area contributed by atoms with Gasteiger partial charge in [-0.25, -0.2) is 0 Å². The molecule has 0 aliphatic rings. The Morgan fingerprint density at radius 1 is 1.47 bits per heavy atom. The van der Waals surface area contributed by atoms with Crippen LogP contribution in [0, 0.1) is 19.8 Å². The molecule has 3 N–H and O–H groups in total. The fraction of sp³-hybridized carbons (Fsp3) is 0.545. The molecular formula is C11H19N3O. The maximum atomic E-state index is 11.8. The number of hydrogen-bond donors (Lipinski definition) is 2. The number of nitrogens with one attached hydrogen (secondary N) is 1. The van der Waals surface area contributed by atoms with Gasteiger partial charge in [-0.1, -0.05) is 6.92 Å². The zero-order valence-corrected chi connectivity index (χ0v) is 9.58. The van der Waals surface area contributed by atoms with E-state index in [0.717, 1.165) is 17.8 Å². The highest BCUT2D eigenvalue weighted by Crippen LogP contribution is 2.06. The van der Waals surface area contributed by atoms with Crippen LogP contribution in [-0.4, -0.2) is 17.1 Å². The molecule has 4 nitrogen and oxygen atoms in total. The first-order chi connectivity index (χ1) is 7.10. The summed E-state index contributed by atoms with van der Waals surface area (Å²) >= 11 is 0. The summed E-state index contributed by atoms with van der Waals surface area (Å²) in [4.78, 5) is 11.8. The van der Waals surface area contributed by atoms with Gasteiger partial charge in [0.15, 0.2) is 0 Å². The molecule has 0 saturated carbocycles. The molecule has 0 aliphatic heterocycles. The summed E-state index contributed by atoms with van der Waals surface area (Å²) in [5, 5.41) is 0. The number of rotatable bonds is 4. The lowest BCUT2D eigenvalue weighted by molar-refractivity contribution is -0.120. The molecule has 84 valence electrons. The monoisotopic (exact) mass is 209 g/mol. The second-order valence-corrected chi connectivity index (χ2v) is 3.77. The van der Waals surface area contributed by atoms with Crippen LogP contribution in [0.15, 0.2) is 12.1 Å². The van der Waals surface area contributed by atoms with Gasteiger partial charge in [-0.15, -0.1) is 0 Å². The zero-order chi connectivity index (χ0) is 11.4. The van der Waals surface area contributed by atoms with E-state index in [1.54, 1.807) is 4.68 Å². The fourth-order valence-electron chi connectivity index (χ4n) is 1.51. The maximum Gasteiger partial charge on any atom is 0.243 e. The van der Waals surface area contributed by atoms with Crippen LogP contribution in [0.2, 0.25) is 0 Å². The van der Waals surface area contributed by atoms with Gasteiger partial charge in [0.1, 0.15) is 0 Å². The SMILES string of the molecule is CCC(CN)C(=O)Nn1c(C)ccc1C. The Hall–Kier alpha value is -1.29. The van der Waals surface area contributed by atoms with Crippen LogP contribution in [0.3, 0.4) is 0 Å². The number of aryl methyl sites for hydroxylation is 2. The lowest BCUT2D eigenvalue weighted by Crippen LogP contribution is -2.34. The highest BCUT2D eigenvalue weighted by Gasteiger charge is 2.15. The molecule has 0 radical (unpaired) electrons. The predicted octanol–water partition coefficient (Wildman–Crippen LogP) is 1.16. The number of carbonyl (C=O) groups excluding carboxylic acids is 1. The average molecular weight is 209 g/mol. The molecule has 0 aliphatic carbocycles. The molecule has 15 heavy (non-hydrogen) atoms. The maximum absolute atomic E-state index is 11.8. The smallest absolute Gasteiger partial charge is 0.243 e. The Bertz CT molecular complexity index is 320. The first kappa shape index (κ1) is 11.8. The molecule has 1 rings (SSSR count). The minimum Gasteiger partial charge on any atom is -0.330 e. The number of carbonyl (C=O) groups is 1. The Morgan fingerprint density at radius 2 is 2.00 bits per heavy atom. The van der Waals surface area contributed by atoms with Crippen LogP contribution in [0.1, 0.15) is 24.7 Å². The van der Waals surface area contributed by atoms with Crippen molar-refractivity contribution in [1.29, 1.82) is 0 Å². The Morgan fingerprint density at radius 3 is 2.40 bits per heavy atom. The number of hydrogen-bond acceptors (Lipinski definition) is 2. The molecular weight excluding hydrogens is 190 g/mol. The van der Waals surface area contributed by atoms with Crippen molar-refractivity contribution in [3.05, 3.63) is 23.5 Å². The van der Waals surface area contributed by atoms with Gasteiger partial charge in [-0.2, -0.15) is 0 Å². The lowest BCUT2D eigenvalue weighted by atomic mass is 10.1. The molecule has 1 aromatic heterocycles. The van der Waals surface area contributed by atoms with E-state index >= 15 is 0 Å². The minimum atomic E-state index is -0.105. The summed E-state index contributed by atoms with van der Waals surface area (Å²) in [6, 6.07) is 3.94. The van der Waals surface area contributed by atoms with E-state index in [0.29, 0.717) is 6.54 Å². The van der Waals surface area contributed by atoms with E-state index in [9.17, 15) is 4.79 Å². The largest absolute Gasteiger partial charge is 0.330 e. The van der Waals surface area contributed by atoms with Crippen molar-refractivity contribution in [2.45, 2.75) is 27.2 Å². The summed E-state index contributed by atoms with van der Waals surface area (Å²) < 4.78 is 1.79. The van der Waals surface area contributed by atoms with E-state index < -0.39 is 0 Å².